The third kappa shape index (κ3) is 4.19. The lowest BCUT2D eigenvalue weighted by atomic mass is 9.91. The largest absolute Gasteiger partial charge is 0.435 e. The van der Waals surface area contributed by atoms with E-state index in [2.05, 4.69) is 25.5 Å². The van der Waals surface area contributed by atoms with Crippen molar-refractivity contribution in [1.82, 2.24) is 34.8 Å². The number of nitrogens with one attached hydrogen (secondary N) is 1. The number of rotatable bonds is 4. The van der Waals surface area contributed by atoms with Crippen LogP contribution in [-0.2, 0) is 13.2 Å². The molecule has 0 aliphatic heterocycles. The molecule has 30 heavy (non-hydrogen) atoms. The first-order valence-corrected chi connectivity index (χ1v) is 9.54. The third-order valence-corrected chi connectivity index (χ3v) is 5.27. The van der Waals surface area contributed by atoms with Crippen LogP contribution in [0.5, 0.6) is 0 Å². The highest BCUT2D eigenvalue weighted by Crippen LogP contribution is 2.30. The van der Waals surface area contributed by atoms with E-state index in [1.165, 1.54) is 7.05 Å². The Hall–Kier alpha value is -3.24. The first-order chi connectivity index (χ1) is 14.3. The van der Waals surface area contributed by atoms with E-state index >= 15 is 0 Å². The van der Waals surface area contributed by atoms with Crippen LogP contribution in [0.2, 0.25) is 0 Å². The van der Waals surface area contributed by atoms with Crippen LogP contribution in [0.4, 0.5) is 13.2 Å². The molecule has 0 spiro atoms. The van der Waals surface area contributed by atoms with Crippen LogP contribution in [0.3, 0.4) is 0 Å². The first-order valence-electron chi connectivity index (χ1n) is 9.54. The zero-order valence-electron chi connectivity index (χ0n) is 16.2. The average Bonchev–Trinajstić information content (AvgIpc) is 3.36. The van der Waals surface area contributed by atoms with Gasteiger partial charge >= 0.3 is 6.18 Å². The molecule has 1 aliphatic rings. The van der Waals surface area contributed by atoms with Gasteiger partial charge in [-0.15, -0.1) is 0 Å². The van der Waals surface area contributed by atoms with E-state index in [-0.39, 0.29) is 17.8 Å². The van der Waals surface area contributed by atoms with Gasteiger partial charge in [0.05, 0.1) is 24.1 Å². The predicted molar refractivity (Wildman–Crippen MR) is 100 cm³/mol. The molecule has 11 heteroatoms. The van der Waals surface area contributed by atoms with Gasteiger partial charge in [0.15, 0.2) is 5.69 Å². The monoisotopic (exact) mass is 419 g/mol. The van der Waals surface area contributed by atoms with Gasteiger partial charge in [-0.25, -0.2) is 0 Å². The smallest absolute Gasteiger partial charge is 0.348 e. The Bertz CT molecular complexity index is 1020. The topological polar surface area (TPSA) is 90.5 Å². The molecular weight excluding hydrogens is 399 g/mol. The van der Waals surface area contributed by atoms with Crippen molar-refractivity contribution in [2.24, 2.45) is 7.05 Å². The van der Waals surface area contributed by atoms with Crippen LogP contribution in [0.1, 0.15) is 47.9 Å². The van der Waals surface area contributed by atoms with Crippen LogP contribution >= 0.6 is 0 Å². The van der Waals surface area contributed by atoms with Crippen LogP contribution in [-0.4, -0.2) is 41.5 Å². The number of carbonyl (C=O) groups is 1. The zero-order valence-corrected chi connectivity index (χ0v) is 16.2. The first kappa shape index (κ1) is 20.0. The van der Waals surface area contributed by atoms with E-state index < -0.39 is 17.8 Å². The highest BCUT2D eigenvalue weighted by Gasteiger charge is 2.35. The van der Waals surface area contributed by atoms with Crippen LogP contribution < -0.4 is 5.32 Å². The highest BCUT2D eigenvalue weighted by atomic mass is 19.4. The van der Waals surface area contributed by atoms with Gasteiger partial charge in [-0.2, -0.15) is 23.4 Å². The molecule has 8 nitrogen and oxygen atoms in total. The van der Waals surface area contributed by atoms with Gasteiger partial charge in [0.25, 0.3) is 5.91 Å². The number of nitrogens with zero attached hydrogens (tertiary/aromatic N) is 6. The summed E-state index contributed by atoms with van der Waals surface area (Å²) in [5, 5.41) is 10.6. The van der Waals surface area contributed by atoms with E-state index in [1.54, 1.807) is 24.8 Å². The van der Waals surface area contributed by atoms with E-state index in [4.69, 9.17) is 0 Å². The standard InChI is InChI=1S/C19H20F3N7O/c1-28-16(8-17(27-28)19(20,21)22)18(30)26-13-2-4-14(5-3-13)29-11-12(9-25-29)15-10-23-6-7-24-15/h6-11,13-14H,2-5H2,1H3,(H,26,30). The van der Waals surface area contributed by atoms with Gasteiger partial charge in [-0.05, 0) is 25.7 Å². The normalized spacial score (nSPS) is 19.6. The molecule has 3 aromatic heterocycles. The predicted octanol–water partition coefficient (Wildman–Crippen LogP) is 3.01. The Labute approximate surface area is 170 Å². The minimum Gasteiger partial charge on any atom is -0.348 e. The molecule has 1 N–H and O–H groups in total. The van der Waals surface area contributed by atoms with Crippen LogP contribution in [0, 0.1) is 0 Å². The summed E-state index contributed by atoms with van der Waals surface area (Å²) in [6, 6.07) is 0.865. The van der Waals surface area contributed by atoms with E-state index in [9.17, 15) is 18.0 Å². The second-order valence-corrected chi connectivity index (χ2v) is 7.31. The van der Waals surface area contributed by atoms with Gasteiger partial charge in [-0.3, -0.25) is 24.1 Å². The minimum atomic E-state index is -4.58. The van der Waals surface area contributed by atoms with Gasteiger partial charge in [-0.1, -0.05) is 0 Å². The summed E-state index contributed by atoms with van der Waals surface area (Å²) < 4.78 is 41.2. The van der Waals surface area contributed by atoms with Crippen LogP contribution in [0.25, 0.3) is 11.3 Å². The molecule has 0 bridgehead atoms. The van der Waals surface area contributed by atoms with Crippen molar-refractivity contribution in [3.8, 4) is 11.3 Å². The average molecular weight is 419 g/mol. The summed E-state index contributed by atoms with van der Waals surface area (Å²) in [6.45, 7) is 0. The number of aryl methyl sites for hydroxylation is 1. The lowest BCUT2D eigenvalue weighted by molar-refractivity contribution is -0.141. The van der Waals surface area contributed by atoms with E-state index in [0.29, 0.717) is 12.8 Å². The molecule has 1 aliphatic carbocycles. The quantitative estimate of drug-likeness (QED) is 0.702. The third-order valence-electron chi connectivity index (χ3n) is 5.27. The van der Waals surface area contributed by atoms with Gasteiger partial charge in [0.2, 0.25) is 0 Å². The van der Waals surface area contributed by atoms with E-state index in [0.717, 1.165) is 34.8 Å². The molecule has 0 aromatic carbocycles. The van der Waals surface area contributed by atoms with Gasteiger partial charge in [0.1, 0.15) is 5.69 Å². The number of aromatic nitrogens is 6. The maximum Gasteiger partial charge on any atom is 0.435 e. The molecule has 0 saturated heterocycles. The zero-order chi connectivity index (χ0) is 21.3. The summed E-state index contributed by atoms with van der Waals surface area (Å²) in [6.07, 6.45) is 7.03. The lowest BCUT2D eigenvalue weighted by Gasteiger charge is -2.29. The Morgan fingerprint density at radius 3 is 2.57 bits per heavy atom. The van der Waals surface area contributed by atoms with Crippen molar-refractivity contribution in [3.63, 3.8) is 0 Å². The van der Waals surface area contributed by atoms with Crippen molar-refractivity contribution in [2.75, 3.05) is 0 Å². The number of alkyl halides is 3. The fourth-order valence-corrected chi connectivity index (χ4v) is 3.68. The summed E-state index contributed by atoms with van der Waals surface area (Å²) >= 11 is 0. The van der Waals surface area contributed by atoms with Crippen molar-refractivity contribution in [3.05, 3.63) is 48.4 Å². The molecule has 3 heterocycles. The molecule has 0 unspecified atom stereocenters. The summed E-state index contributed by atoms with van der Waals surface area (Å²) in [4.78, 5) is 20.7. The Kier molecular flexibility index (Phi) is 5.27. The van der Waals surface area contributed by atoms with E-state index in [1.807, 2.05) is 10.9 Å². The molecule has 1 saturated carbocycles. The maximum absolute atomic E-state index is 12.8. The molecule has 4 rings (SSSR count). The lowest BCUT2D eigenvalue weighted by Crippen LogP contribution is -2.38. The van der Waals surface area contributed by atoms with Crippen molar-refractivity contribution in [1.29, 1.82) is 0 Å². The molecule has 1 fully saturated rings. The van der Waals surface area contributed by atoms with Gasteiger partial charge < -0.3 is 5.32 Å². The second-order valence-electron chi connectivity index (χ2n) is 7.31. The molecule has 3 aromatic rings. The van der Waals surface area contributed by atoms with Crippen molar-refractivity contribution in [2.45, 2.75) is 43.9 Å². The fraction of sp³-hybridized carbons (Fsp3) is 0.421. The number of halogens is 3. The number of carbonyl (C=O) groups excluding carboxylic acids is 1. The summed E-state index contributed by atoms with van der Waals surface area (Å²) in [7, 11) is 1.33. The number of hydrogen-bond acceptors (Lipinski definition) is 5. The molecule has 0 atom stereocenters. The van der Waals surface area contributed by atoms with Crippen molar-refractivity contribution >= 4 is 5.91 Å². The Balaban J connectivity index is 1.35. The Morgan fingerprint density at radius 1 is 1.17 bits per heavy atom. The minimum absolute atomic E-state index is 0.104. The fourth-order valence-electron chi connectivity index (χ4n) is 3.68. The molecular formula is C19H20F3N7O. The molecule has 1 amide bonds. The van der Waals surface area contributed by atoms with Gasteiger partial charge in [0, 0.05) is 43.3 Å². The van der Waals surface area contributed by atoms with Crippen LogP contribution in [0.15, 0.2) is 37.1 Å². The van der Waals surface area contributed by atoms with Crippen molar-refractivity contribution < 1.29 is 18.0 Å². The number of amides is 1. The number of hydrogen-bond donors (Lipinski definition) is 1. The Morgan fingerprint density at radius 2 is 1.93 bits per heavy atom. The molecule has 158 valence electrons. The summed E-state index contributed by atoms with van der Waals surface area (Å²) in [5.74, 6) is -0.548. The SMILES string of the molecule is Cn1nc(C(F)(F)F)cc1C(=O)NC1CCC(n2cc(-c3cnccn3)cn2)CC1. The molecule has 0 radical (unpaired) electrons. The maximum atomic E-state index is 12.8. The summed E-state index contributed by atoms with van der Waals surface area (Å²) in [5.41, 5.74) is 0.455. The second kappa shape index (κ2) is 7.88. The highest BCUT2D eigenvalue weighted by molar-refractivity contribution is 5.92.